The maximum absolute atomic E-state index is 11.9. The summed E-state index contributed by atoms with van der Waals surface area (Å²) in [6.45, 7) is 2.19. The summed E-state index contributed by atoms with van der Waals surface area (Å²) in [5.41, 5.74) is -3.22. The fourth-order valence-corrected chi connectivity index (χ4v) is 2.03. The number of rotatable bonds is 6. The van der Waals surface area contributed by atoms with Gasteiger partial charge in [-0.15, -0.1) is 0 Å². The second-order valence-corrected chi connectivity index (χ2v) is 4.87. The van der Waals surface area contributed by atoms with E-state index in [2.05, 4.69) is 5.32 Å². The molecular formula is C12H16F3NOS. The molecule has 0 aromatic heterocycles. The van der Waals surface area contributed by atoms with Gasteiger partial charge < -0.3 is 10.1 Å². The van der Waals surface area contributed by atoms with Crippen molar-refractivity contribution in [1.29, 1.82) is 0 Å². The molecule has 1 N–H and O–H groups in total. The van der Waals surface area contributed by atoms with Gasteiger partial charge in [-0.3, -0.25) is 0 Å². The standard InChI is InChI=1S/C12H16F3NOS/c1-9(16-7-8-18-12(13,14)15)10-5-3-4-6-11(10)17-2/h3-6,9,16H,7-8H2,1-2H3. The summed E-state index contributed by atoms with van der Waals surface area (Å²) in [5.74, 6) is 0.740. The zero-order valence-electron chi connectivity index (χ0n) is 10.3. The summed E-state index contributed by atoms with van der Waals surface area (Å²) in [6, 6.07) is 7.41. The lowest BCUT2D eigenvalue weighted by Gasteiger charge is -2.17. The molecule has 2 nitrogen and oxygen atoms in total. The number of methoxy groups -OCH3 is 1. The summed E-state index contributed by atoms with van der Waals surface area (Å²) in [6.07, 6.45) is 0. The molecule has 6 heteroatoms. The Bertz CT molecular complexity index is 371. The van der Waals surface area contributed by atoms with E-state index in [0.717, 1.165) is 11.3 Å². The SMILES string of the molecule is COc1ccccc1C(C)NCCSC(F)(F)F. The Morgan fingerprint density at radius 1 is 1.33 bits per heavy atom. The molecule has 1 atom stereocenters. The van der Waals surface area contributed by atoms with Gasteiger partial charge in [-0.1, -0.05) is 18.2 Å². The Balaban J connectivity index is 2.43. The normalized spacial score (nSPS) is 13.4. The van der Waals surface area contributed by atoms with Crippen molar-refractivity contribution in [1.82, 2.24) is 5.32 Å². The quantitative estimate of drug-likeness (QED) is 0.804. The third-order valence-electron chi connectivity index (χ3n) is 2.42. The van der Waals surface area contributed by atoms with Crippen LogP contribution in [-0.4, -0.2) is 24.9 Å². The molecule has 0 aliphatic rings. The van der Waals surface area contributed by atoms with Gasteiger partial charge in [0.2, 0.25) is 0 Å². The maximum Gasteiger partial charge on any atom is 0.441 e. The van der Waals surface area contributed by atoms with Crippen LogP contribution in [0.5, 0.6) is 5.75 Å². The molecule has 0 aliphatic carbocycles. The molecule has 1 rings (SSSR count). The predicted molar refractivity (Wildman–Crippen MR) is 67.9 cm³/mol. The first-order valence-corrected chi connectivity index (χ1v) is 6.49. The summed E-state index contributed by atoms with van der Waals surface area (Å²) >= 11 is -0.0131. The van der Waals surface area contributed by atoms with E-state index < -0.39 is 5.51 Å². The molecular weight excluding hydrogens is 263 g/mol. The summed E-state index contributed by atoms with van der Waals surface area (Å²) < 4.78 is 41.0. The van der Waals surface area contributed by atoms with Crippen LogP contribution in [0.15, 0.2) is 24.3 Å². The number of halogens is 3. The number of hydrogen-bond acceptors (Lipinski definition) is 3. The van der Waals surface area contributed by atoms with Crippen molar-refractivity contribution in [2.75, 3.05) is 19.4 Å². The van der Waals surface area contributed by atoms with E-state index in [-0.39, 0.29) is 23.6 Å². The topological polar surface area (TPSA) is 21.3 Å². The fraction of sp³-hybridized carbons (Fsp3) is 0.500. The maximum atomic E-state index is 11.9. The molecule has 1 aromatic carbocycles. The van der Waals surface area contributed by atoms with Crippen LogP contribution in [-0.2, 0) is 0 Å². The van der Waals surface area contributed by atoms with Gasteiger partial charge in [-0.2, -0.15) is 13.2 Å². The zero-order chi connectivity index (χ0) is 13.6. The first kappa shape index (κ1) is 15.2. The first-order valence-electron chi connectivity index (χ1n) is 5.51. The van der Waals surface area contributed by atoms with Crippen molar-refractivity contribution >= 4 is 11.8 Å². The van der Waals surface area contributed by atoms with E-state index in [9.17, 15) is 13.2 Å². The third-order valence-corrected chi connectivity index (χ3v) is 3.16. The number of benzene rings is 1. The van der Waals surface area contributed by atoms with E-state index in [1.807, 2.05) is 31.2 Å². The summed E-state index contributed by atoms with van der Waals surface area (Å²) in [5, 5.41) is 3.05. The molecule has 18 heavy (non-hydrogen) atoms. The van der Waals surface area contributed by atoms with Gasteiger partial charge in [-0.05, 0) is 24.8 Å². The second kappa shape index (κ2) is 6.89. The van der Waals surface area contributed by atoms with Gasteiger partial charge in [0, 0.05) is 23.9 Å². The Hall–Kier alpha value is -0.880. The van der Waals surface area contributed by atoms with Crippen LogP contribution in [0.25, 0.3) is 0 Å². The third kappa shape index (κ3) is 5.18. The molecule has 0 bridgehead atoms. The van der Waals surface area contributed by atoms with Crippen LogP contribution < -0.4 is 10.1 Å². The van der Waals surface area contributed by atoms with Gasteiger partial charge in [0.15, 0.2) is 0 Å². The fourth-order valence-electron chi connectivity index (χ4n) is 1.58. The highest BCUT2D eigenvalue weighted by Crippen LogP contribution is 2.30. The van der Waals surface area contributed by atoms with E-state index in [4.69, 9.17) is 4.74 Å². The van der Waals surface area contributed by atoms with Crippen LogP contribution in [0, 0.1) is 0 Å². The molecule has 0 saturated carbocycles. The number of alkyl halides is 3. The molecule has 0 saturated heterocycles. The molecule has 1 aromatic rings. The van der Waals surface area contributed by atoms with Crippen molar-refractivity contribution in [2.45, 2.75) is 18.5 Å². The highest BCUT2D eigenvalue weighted by atomic mass is 32.2. The highest BCUT2D eigenvalue weighted by Gasteiger charge is 2.27. The van der Waals surface area contributed by atoms with Crippen molar-refractivity contribution in [3.05, 3.63) is 29.8 Å². The number of ether oxygens (including phenoxy) is 1. The zero-order valence-corrected chi connectivity index (χ0v) is 11.1. The molecule has 0 aliphatic heterocycles. The van der Waals surface area contributed by atoms with Crippen molar-refractivity contribution in [3.63, 3.8) is 0 Å². The lowest BCUT2D eigenvalue weighted by atomic mass is 10.1. The number of nitrogens with one attached hydrogen (secondary N) is 1. The molecule has 0 amide bonds. The molecule has 0 spiro atoms. The van der Waals surface area contributed by atoms with E-state index in [1.54, 1.807) is 7.11 Å². The van der Waals surface area contributed by atoms with Crippen LogP contribution in [0.3, 0.4) is 0 Å². The summed E-state index contributed by atoms with van der Waals surface area (Å²) in [4.78, 5) is 0. The van der Waals surface area contributed by atoms with Gasteiger partial charge in [0.25, 0.3) is 0 Å². The Labute approximate surface area is 109 Å². The van der Waals surface area contributed by atoms with Gasteiger partial charge in [0.1, 0.15) is 5.75 Å². The van der Waals surface area contributed by atoms with Crippen molar-refractivity contribution in [2.24, 2.45) is 0 Å². The van der Waals surface area contributed by atoms with E-state index in [1.165, 1.54) is 0 Å². The minimum Gasteiger partial charge on any atom is -0.496 e. The van der Waals surface area contributed by atoms with Gasteiger partial charge >= 0.3 is 5.51 Å². The minimum atomic E-state index is -4.16. The number of para-hydroxylation sites is 1. The van der Waals surface area contributed by atoms with E-state index in [0.29, 0.717) is 6.54 Å². The van der Waals surface area contributed by atoms with Gasteiger partial charge in [-0.25, -0.2) is 0 Å². The lowest BCUT2D eigenvalue weighted by Crippen LogP contribution is -2.22. The van der Waals surface area contributed by atoms with E-state index >= 15 is 0 Å². The molecule has 0 heterocycles. The Morgan fingerprint density at radius 3 is 2.61 bits per heavy atom. The average molecular weight is 279 g/mol. The molecule has 1 unspecified atom stereocenters. The van der Waals surface area contributed by atoms with Crippen LogP contribution in [0.1, 0.15) is 18.5 Å². The lowest BCUT2D eigenvalue weighted by molar-refractivity contribution is -0.0327. The van der Waals surface area contributed by atoms with Gasteiger partial charge in [0.05, 0.1) is 7.11 Å². The number of thioether (sulfide) groups is 1. The van der Waals surface area contributed by atoms with Crippen molar-refractivity contribution in [3.8, 4) is 5.75 Å². The van der Waals surface area contributed by atoms with Crippen LogP contribution >= 0.6 is 11.8 Å². The van der Waals surface area contributed by atoms with Crippen molar-refractivity contribution < 1.29 is 17.9 Å². The number of hydrogen-bond donors (Lipinski definition) is 1. The Morgan fingerprint density at radius 2 is 2.00 bits per heavy atom. The molecule has 0 radical (unpaired) electrons. The first-order chi connectivity index (χ1) is 8.44. The Kier molecular flexibility index (Phi) is 5.81. The average Bonchev–Trinajstić information content (AvgIpc) is 2.33. The van der Waals surface area contributed by atoms with Crippen LogP contribution in [0.4, 0.5) is 13.2 Å². The molecule has 0 fully saturated rings. The smallest absolute Gasteiger partial charge is 0.441 e. The predicted octanol–water partition coefficient (Wildman–Crippen LogP) is 3.60. The molecule has 102 valence electrons. The van der Waals surface area contributed by atoms with Crippen LogP contribution in [0.2, 0.25) is 0 Å². The largest absolute Gasteiger partial charge is 0.496 e. The highest BCUT2D eigenvalue weighted by molar-refractivity contribution is 8.00. The minimum absolute atomic E-state index is 0.00297. The summed E-state index contributed by atoms with van der Waals surface area (Å²) in [7, 11) is 1.57. The second-order valence-electron chi connectivity index (χ2n) is 3.71. The monoisotopic (exact) mass is 279 g/mol.